The molecule has 28 heavy (non-hydrogen) atoms. The summed E-state index contributed by atoms with van der Waals surface area (Å²) in [7, 11) is 0. The zero-order valence-corrected chi connectivity index (χ0v) is 15.3. The van der Waals surface area contributed by atoms with Crippen LogP contribution in [0, 0.1) is 13.8 Å². The van der Waals surface area contributed by atoms with Crippen LogP contribution in [-0.2, 0) is 11.0 Å². The first-order valence-electron chi connectivity index (χ1n) is 8.47. The maximum absolute atomic E-state index is 12.9. The third-order valence-electron chi connectivity index (χ3n) is 4.33. The lowest BCUT2D eigenvalue weighted by molar-refractivity contribution is -0.137. The summed E-state index contributed by atoms with van der Waals surface area (Å²) in [5, 5.41) is 10.8. The molecule has 3 rings (SSSR count). The maximum Gasteiger partial charge on any atom is 0.416 e. The largest absolute Gasteiger partial charge is 0.416 e. The Hall–Kier alpha value is -3.17. The summed E-state index contributed by atoms with van der Waals surface area (Å²) in [6.07, 6.45) is -4.34. The maximum atomic E-state index is 12.9. The van der Waals surface area contributed by atoms with Gasteiger partial charge in [-0.2, -0.15) is 18.3 Å². The highest BCUT2D eigenvalue weighted by Crippen LogP contribution is 2.31. The number of benzene rings is 1. The molecule has 0 unspecified atom stereocenters. The van der Waals surface area contributed by atoms with E-state index in [9.17, 15) is 22.8 Å². The summed E-state index contributed by atoms with van der Waals surface area (Å²) >= 11 is 0. The van der Waals surface area contributed by atoms with Crippen molar-refractivity contribution in [2.24, 2.45) is 0 Å². The fraction of sp³-hybridized carbons (Fsp3) is 0.333. The van der Waals surface area contributed by atoms with Crippen LogP contribution in [0.5, 0.6) is 0 Å². The first-order valence-corrected chi connectivity index (χ1v) is 8.47. The predicted octanol–water partition coefficient (Wildman–Crippen LogP) is 3.61. The van der Waals surface area contributed by atoms with Gasteiger partial charge in [-0.25, -0.2) is 4.68 Å². The molecular formula is C18H17F3N4O3. The number of anilines is 1. The van der Waals surface area contributed by atoms with Crippen LogP contribution < -0.4 is 10.9 Å². The molecule has 0 aliphatic heterocycles. The molecule has 1 aromatic carbocycles. The molecule has 0 spiro atoms. The quantitative estimate of drug-likeness (QED) is 0.730. The third-order valence-corrected chi connectivity index (χ3v) is 4.33. The van der Waals surface area contributed by atoms with Gasteiger partial charge in [-0.15, -0.1) is 0 Å². The first-order chi connectivity index (χ1) is 13.1. The average Bonchev–Trinajstić information content (AvgIpc) is 3.02. The van der Waals surface area contributed by atoms with E-state index in [2.05, 4.69) is 15.6 Å². The summed E-state index contributed by atoms with van der Waals surface area (Å²) in [6, 6.07) is 3.24. The third kappa shape index (κ3) is 3.49. The van der Waals surface area contributed by atoms with Crippen molar-refractivity contribution in [3.05, 3.63) is 51.6 Å². The Kier molecular flexibility index (Phi) is 4.97. The molecule has 1 amide bonds. The number of aryl methyl sites for hydroxylation is 2. The molecule has 0 saturated heterocycles. The monoisotopic (exact) mass is 394 g/mol. The molecule has 2 heterocycles. The normalized spacial score (nSPS) is 12.9. The topological polar surface area (TPSA) is 90.0 Å². The van der Waals surface area contributed by atoms with Gasteiger partial charge in [0.1, 0.15) is 11.8 Å². The molecule has 1 N–H and O–H groups in total. The standard InChI is InChI=1S/C18H17F3N4O3/c1-4-13(16(26)22-12-7-5-6-11(8-12)18(19,20)21)25-17(27)15-14(9(2)23-25)10(3)28-24-15/h5-8,13H,4H2,1-3H3,(H,22,26)/t13-/m1/s1. The summed E-state index contributed by atoms with van der Waals surface area (Å²) in [4.78, 5) is 25.4. The Balaban J connectivity index is 1.96. The van der Waals surface area contributed by atoms with Crippen LogP contribution in [-0.4, -0.2) is 20.8 Å². The van der Waals surface area contributed by atoms with E-state index >= 15 is 0 Å². The molecule has 7 nitrogen and oxygen atoms in total. The Morgan fingerprint density at radius 1 is 1.32 bits per heavy atom. The van der Waals surface area contributed by atoms with Gasteiger partial charge in [-0.1, -0.05) is 18.1 Å². The van der Waals surface area contributed by atoms with Crippen LogP contribution in [0.2, 0.25) is 0 Å². The molecule has 1 atom stereocenters. The van der Waals surface area contributed by atoms with Gasteiger partial charge in [0.05, 0.1) is 16.6 Å². The molecule has 0 bridgehead atoms. The number of carbonyl (C=O) groups is 1. The van der Waals surface area contributed by atoms with Crippen molar-refractivity contribution in [1.29, 1.82) is 0 Å². The molecule has 2 aromatic heterocycles. The van der Waals surface area contributed by atoms with E-state index < -0.39 is 29.2 Å². The summed E-state index contributed by atoms with van der Waals surface area (Å²) in [6.45, 7) is 4.96. The second kappa shape index (κ2) is 7.10. The number of carbonyl (C=O) groups excluding carboxylic acids is 1. The van der Waals surface area contributed by atoms with Crippen LogP contribution in [0.1, 0.15) is 36.4 Å². The predicted molar refractivity (Wildman–Crippen MR) is 94.9 cm³/mol. The number of fused-ring (bicyclic) bond motifs is 1. The molecule has 10 heteroatoms. The lowest BCUT2D eigenvalue weighted by atomic mass is 10.1. The van der Waals surface area contributed by atoms with Gasteiger partial charge in [-0.3, -0.25) is 9.59 Å². The number of aromatic nitrogens is 3. The van der Waals surface area contributed by atoms with Crippen molar-refractivity contribution < 1.29 is 22.5 Å². The number of hydrogen-bond acceptors (Lipinski definition) is 5. The number of amides is 1. The van der Waals surface area contributed by atoms with Gasteiger partial charge in [0.15, 0.2) is 5.52 Å². The molecule has 0 aliphatic carbocycles. The van der Waals surface area contributed by atoms with E-state index in [1.54, 1.807) is 20.8 Å². The fourth-order valence-corrected chi connectivity index (χ4v) is 2.99. The van der Waals surface area contributed by atoms with E-state index in [1.807, 2.05) is 0 Å². The molecule has 148 valence electrons. The van der Waals surface area contributed by atoms with Crippen LogP contribution in [0.15, 0.2) is 33.6 Å². The Morgan fingerprint density at radius 2 is 2.04 bits per heavy atom. The fourth-order valence-electron chi connectivity index (χ4n) is 2.99. The van der Waals surface area contributed by atoms with E-state index in [4.69, 9.17) is 4.52 Å². The highest BCUT2D eigenvalue weighted by Gasteiger charge is 2.31. The molecule has 0 aliphatic rings. The summed E-state index contributed by atoms with van der Waals surface area (Å²) < 4.78 is 44.6. The lowest BCUT2D eigenvalue weighted by Crippen LogP contribution is -2.35. The lowest BCUT2D eigenvalue weighted by Gasteiger charge is -2.18. The first kappa shape index (κ1) is 19.6. The minimum Gasteiger partial charge on any atom is -0.360 e. The molecule has 0 fully saturated rings. The number of halogens is 3. The van der Waals surface area contributed by atoms with Crippen molar-refractivity contribution >= 4 is 22.5 Å². The number of nitrogens with zero attached hydrogens (tertiary/aromatic N) is 3. The average molecular weight is 394 g/mol. The minimum absolute atomic E-state index is 0.0265. The number of nitrogens with one attached hydrogen (secondary N) is 1. The van der Waals surface area contributed by atoms with E-state index in [0.29, 0.717) is 16.8 Å². The Labute approximate surface area is 157 Å². The smallest absolute Gasteiger partial charge is 0.360 e. The van der Waals surface area contributed by atoms with Crippen molar-refractivity contribution in [1.82, 2.24) is 14.9 Å². The SMILES string of the molecule is CC[C@H](C(=O)Nc1cccc(C(F)(F)F)c1)n1nc(C)c2c(C)onc2c1=O. The van der Waals surface area contributed by atoms with Gasteiger partial charge < -0.3 is 9.84 Å². The number of alkyl halides is 3. The molecule has 3 aromatic rings. The minimum atomic E-state index is -4.53. The zero-order chi connectivity index (χ0) is 20.6. The highest BCUT2D eigenvalue weighted by molar-refractivity contribution is 5.94. The van der Waals surface area contributed by atoms with E-state index in [1.165, 1.54) is 12.1 Å². The molecule has 0 radical (unpaired) electrons. The van der Waals surface area contributed by atoms with Crippen molar-refractivity contribution in [3.63, 3.8) is 0 Å². The van der Waals surface area contributed by atoms with Crippen molar-refractivity contribution in [3.8, 4) is 0 Å². The van der Waals surface area contributed by atoms with Gasteiger partial charge in [0.25, 0.3) is 5.56 Å². The van der Waals surface area contributed by atoms with E-state index in [-0.39, 0.29) is 17.6 Å². The number of hydrogen-bond donors (Lipinski definition) is 1. The van der Waals surface area contributed by atoms with Crippen LogP contribution in [0.25, 0.3) is 10.9 Å². The van der Waals surface area contributed by atoms with Crippen molar-refractivity contribution in [2.75, 3.05) is 5.32 Å². The van der Waals surface area contributed by atoms with Crippen LogP contribution in [0.3, 0.4) is 0 Å². The highest BCUT2D eigenvalue weighted by atomic mass is 19.4. The van der Waals surface area contributed by atoms with Gasteiger partial charge in [-0.05, 0) is 38.5 Å². The van der Waals surface area contributed by atoms with Crippen molar-refractivity contribution in [2.45, 2.75) is 39.4 Å². The van der Waals surface area contributed by atoms with Gasteiger partial charge in [0.2, 0.25) is 5.91 Å². The van der Waals surface area contributed by atoms with Crippen LogP contribution >= 0.6 is 0 Å². The van der Waals surface area contributed by atoms with Crippen LogP contribution in [0.4, 0.5) is 18.9 Å². The van der Waals surface area contributed by atoms with Gasteiger partial charge in [0, 0.05) is 5.69 Å². The number of rotatable bonds is 4. The van der Waals surface area contributed by atoms with Gasteiger partial charge >= 0.3 is 6.18 Å². The zero-order valence-electron chi connectivity index (χ0n) is 15.3. The summed E-state index contributed by atoms with van der Waals surface area (Å²) in [5.41, 5.74) is -1.01. The second-order valence-corrected chi connectivity index (χ2v) is 6.29. The van der Waals surface area contributed by atoms with E-state index in [0.717, 1.165) is 16.8 Å². The Morgan fingerprint density at radius 3 is 2.68 bits per heavy atom. The second-order valence-electron chi connectivity index (χ2n) is 6.29. The molecule has 0 saturated carbocycles. The summed E-state index contributed by atoms with van der Waals surface area (Å²) in [5.74, 6) is -0.221. The molecular weight excluding hydrogens is 377 g/mol. The Bertz CT molecular complexity index is 1100.